The molecule has 0 aliphatic carbocycles. The van der Waals surface area contributed by atoms with Crippen LogP contribution in [-0.4, -0.2) is 10.9 Å². The molecule has 0 radical (unpaired) electrons. The maximum atomic E-state index is 12.4. The number of nitrogens with two attached hydrogens (primary N) is 1. The van der Waals surface area contributed by atoms with E-state index in [1.165, 1.54) is 0 Å². The number of thiocarbonyl (C=S) groups is 1. The molecule has 0 spiro atoms. The molecule has 21 heavy (non-hydrogen) atoms. The van der Waals surface area contributed by atoms with Crippen LogP contribution in [0.4, 0.5) is 5.69 Å². The van der Waals surface area contributed by atoms with Crippen LogP contribution in [0.2, 0.25) is 0 Å². The van der Waals surface area contributed by atoms with Crippen LogP contribution in [0.25, 0.3) is 0 Å². The van der Waals surface area contributed by atoms with Crippen LogP contribution < -0.4 is 11.1 Å². The largest absolute Gasteiger partial charge is 0.389 e. The first kappa shape index (κ1) is 15.2. The zero-order valence-electron chi connectivity index (χ0n) is 12.1. The van der Waals surface area contributed by atoms with E-state index in [0.29, 0.717) is 5.69 Å². The van der Waals surface area contributed by atoms with Crippen LogP contribution in [0.1, 0.15) is 29.5 Å². The van der Waals surface area contributed by atoms with Gasteiger partial charge in [-0.05, 0) is 31.0 Å². The third-order valence-electron chi connectivity index (χ3n) is 3.47. The van der Waals surface area contributed by atoms with Crippen molar-refractivity contribution in [3.8, 4) is 0 Å². The third-order valence-corrected chi connectivity index (χ3v) is 3.67. The van der Waals surface area contributed by atoms with Crippen LogP contribution in [0.5, 0.6) is 0 Å². The van der Waals surface area contributed by atoms with E-state index in [4.69, 9.17) is 18.0 Å². The van der Waals surface area contributed by atoms with Crippen LogP contribution in [-0.2, 0) is 4.79 Å². The second-order valence-corrected chi connectivity index (χ2v) is 5.42. The maximum absolute atomic E-state index is 12.4. The molecule has 1 atom stereocenters. The molecule has 0 saturated heterocycles. The molecule has 108 valence electrons. The van der Waals surface area contributed by atoms with Gasteiger partial charge in [0.1, 0.15) is 4.99 Å². The maximum Gasteiger partial charge on any atom is 0.231 e. The molecule has 0 saturated carbocycles. The summed E-state index contributed by atoms with van der Waals surface area (Å²) in [7, 11) is 0. The Morgan fingerprint density at radius 3 is 2.43 bits per heavy atom. The van der Waals surface area contributed by atoms with Crippen molar-refractivity contribution in [1.82, 2.24) is 0 Å². The van der Waals surface area contributed by atoms with Gasteiger partial charge in [-0.15, -0.1) is 0 Å². The van der Waals surface area contributed by atoms with E-state index in [1.807, 2.05) is 62.4 Å². The summed E-state index contributed by atoms with van der Waals surface area (Å²) in [6.07, 6.45) is 0. The fourth-order valence-electron chi connectivity index (χ4n) is 2.23. The summed E-state index contributed by atoms with van der Waals surface area (Å²) in [6, 6.07) is 15.3. The van der Waals surface area contributed by atoms with Gasteiger partial charge in [0.05, 0.1) is 11.6 Å². The monoisotopic (exact) mass is 298 g/mol. The minimum atomic E-state index is -0.245. The van der Waals surface area contributed by atoms with E-state index in [2.05, 4.69) is 5.32 Å². The van der Waals surface area contributed by atoms with Crippen molar-refractivity contribution in [2.75, 3.05) is 5.32 Å². The number of anilines is 1. The Balaban J connectivity index is 2.25. The Hall–Kier alpha value is -2.20. The van der Waals surface area contributed by atoms with Gasteiger partial charge in [0, 0.05) is 5.56 Å². The van der Waals surface area contributed by atoms with Crippen molar-refractivity contribution >= 4 is 28.8 Å². The second kappa shape index (κ2) is 6.50. The Labute approximate surface area is 130 Å². The summed E-state index contributed by atoms with van der Waals surface area (Å²) in [6.45, 7) is 3.80. The molecule has 3 N–H and O–H groups in total. The first-order valence-corrected chi connectivity index (χ1v) is 7.16. The molecule has 1 unspecified atom stereocenters. The molecule has 0 aliphatic rings. The van der Waals surface area contributed by atoms with Crippen molar-refractivity contribution in [3.05, 3.63) is 65.2 Å². The summed E-state index contributed by atoms with van der Waals surface area (Å²) < 4.78 is 0. The van der Waals surface area contributed by atoms with Crippen LogP contribution in [0, 0.1) is 6.92 Å². The molecule has 0 aliphatic heterocycles. The average molecular weight is 298 g/mol. The normalized spacial score (nSPS) is 11.7. The Morgan fingerprint density at radius 1 is 1.14 bits per heavy atom. The van der Waals surface area contributed by atoms with Crippen LogP contribution >= 0.6 is 12.2 Å². The second-order valence-electron chi connectivity index (χ2n) is 4.98. The summed E-state index contributed by atoms with van der Waals surface area (Å²) >= 11 is 5.08. The molecule has 2 aromatic rings. The van der Waals surface area contributed by atoms with Crippen molar-refractivity contribution in [1.29, 1.82) is 0 Å². The lowest BCUT2D eigenvalue weighted by Gasteiger charge is -2.16. The van der Waals surface area contributed by atoms with Gasteiger partial charge in [-0.3, -0.25) is 4.79 Å². The summed E-state index contributed by atoms with van der Waals surface area (Å²) in [4.78, 5) is 12.7. The number of nitrogens with one attached hydrogen (secondary N) is 1. The van der Waals surface area contributed by atoms with E-state index in [9.17, 15) is 4.79 Å². The van der Waals surface area contributed by atoms with Gasteiger partial charge in [0.15, 0.2) is 0 Å². The first-order chi connectivity index (χ1) is 10.0. The van der Waals surface area contributed by atoms with E-state index in [0.717, 1.165) is 16.7 Å². The fourth-order valence-corrected chi connectivity index (χ4v) is 2.50. The number of aryl methyl sites for hydroxylation is 1. The smallest absolute Gasteiger partial charge is 0.231 e. The topological polar surface area (TPSA) is 55.1 Å². The predicted octanol–water partition coefficient (Wildman–Crippen LogP) is 3.37. The minimum absolute atomic E-state index is 0.0794. The zero-order valence-corrected chi connectivity index (χ0v) is 12.9. The third kappa shape index (κ3) is 3.47. The number of carbonyl (C=O) groups excluding carboxylic acids is 1. The lowest BCUT2D eigenvalue weighted by Crippen LogP contribution is -2.22. The number of carbonyl (C=O) groups is 1. The van der Waals surface area contributed by atoms with E-state index in [1.54, 1.807) is 0 Å². The highest BCUT2D eigenvalue weighted by atomic mass is 32.1. The Kier molecular flexibility index (Phi) is 4.70. The lowest BCUT2D eigenvalue weighted by molar-refractivity contribution is -0.117. The van der Waals surface area contributed by atoms with E-state index >= 15 is 0 Å². The van der Waals surface area contributed by atoms with Crippen LogP contribution in [0.15, 0.2) is 48.5 Å². The highest BCUT2D eigenvalue weighted by Crippen LogP contribution is 2.22. The molecule has 0 fully saturated rings. The molecule has 0 heterocycles. The molecular formula is C17H18N2OS. The van der Waals surface area contributed by atoms with Gasteiger partial charge >= 0.3 is 0 Å². The molecule has 4 heteroatoms. The summed E-state index contributed by atoms with van der Waals surface area (Å²) in [5.74, 6) is -0.324. The number of benzene rings is 2. The first-order valence-electron chi connectivity index (χ1n) is 6.76. The number of rotatable bonds is 4. The number of hydrogen-bond acceptors (Lipinski definition) is 2. The van der Waals surface area contributed by atoms with Crippen molar-refractivity contribution in [2.24, 2.45) is 5.73 Å². The van der Waals surface area contributed by atoms with Gasteiger partial charge in [0.2, 0.25) is 5.91 Å². The molecule has 0 bridgehead atoms. The van der Waals surface area contributed by atoms with Gasteiger partial charge in [-0.2, -0.15) is 0 Å². The quantitative estimate of drug-likeness (QED) is 0.851. The van der Waals surface area contributed by atoms with E-state index < -0.39 is 0 Å². The highest BCUT2D eigenvalue weighted by Gasteiger charge is 2.17. The highest BCUT2D eigenvalue weighted by molar-refractivity contribution is 7.80. The van der Waals surface area contributed by atoms with Gasteiger partial charge in [-0.25, -0.2) is 0 Å². The summed E-state index contributed by atoms with van der Waals surface area (Å²) in [5.41, 5.74) is 9.07. The van der Waals surface area contributed by atoms with Gasteiger partial charge in [-0.1, -0.05) is 54.7 Å². The fraction of sp³-hybridized carbons (Fsp3) is 0.176. The molecule has 0 aromatic heterocycles. The molecule has 2 aromatic carbocycles. The van der Waals surface area contributed by atoms with Crippen molar-refractivity contribution in [3.63, 3.8) is 0 Å². The Morgan fingerprint density at radius 2 is 1.81 bits per heavy atom. The van der Waals surface area contributed by atoms with Crippen molar-refractivity contribution < 1.29 is 4.79 Å². The number of amides is 1. The van der Waals surface area contributed by atoms with Gasteiger partial charge in [0.25, 0.3) is 0 Å². The SMILES string of the molecule is Cc1cccc(NC(=O)C(C)c2ccccc2)c1C(N)=S. The average Bonchev–Trinajstić information content (AvgIpc) is 2.47. The van der Waals surface area contributed by atoms with Crippen molar-refractivity contribution in [2.45, 2.75) is 19.8 Å². The molecule has 2 rings (SSSR count). The standard InChI is InChI=1S/C17H18N2OS/c1-11-7-6-10-14(15(11)16(18)21)19-17(20)12(2)13-8-4-3-5-9-13/h3-10,12H,1-2H3,(H2,18,21)(H,19,20). The molecule has 3 nitrogen and oxygen atoms in total. The zero-order chi connectivity index (χ0) is 15.4. The molecular weight excluding hydrogens is 280 g/mol. The van der Waals surface area contributed by atoms with Crippen LogP contribution in [0.3, 0.4) is 0 Å². The molecule has 1 amide bonds. The minimum Gasteiger partial charge on any atom is -0.389 e. The van der Waals surface area contributed by atoms with E-state index in [-0.39, 0.29) is 16.8 Å². The number of hydrogen-bond donors (Lipinski definition) is 2. The lowest BCUT2D eigenvalue weighted by atomic mass is 9.99. The Bertz CT molecular complexity index is 668. The predicted molar refractivity (Wildman–Crippen MR) is 90.6 cm³/mol. The van der Waals surface area contributed by atoms with Gasteiger partial charge < -0.3 is 11.1 Å². The summed E-state index contributed by atoms with van der Waals surface area (Å²) in [5, 5.41) is 2.92.